The maximum atomic E-state index is 11.1. The molecule has 0 bridgehead atoms. The number of anilines is 1. The number of hydrogen-bond acceptors (Lipinski definition) is 5. The fourth-order valence-electron chi connectivity index (χ4n) is 2.45. The average molecular weight is 373 g/mol. The highest BCUT2D eigenvalue weighted by Gasteiger charge is 2.14. The number of thioether (sulfide) groups is 1. The molecule has 1 aromatic carbocycles. The maximum Gasteiger partial charge on any atom is 0.221 e. The van der Waals surface area contributed by atoms with Crippen LogP contribution >= 0.6 is 23.1 Å². The fraction of sp³-hybridized carbons (Fsp3) is 0.278. The second-order valence-corrected chi connectivity index (χ2v) is 7.86. The number of nitrogens with zero attached hydrogens (tertiary/aromatic N) is 3. The van der Waals surface area contributed by atoms with Crippen LogP contribution in [0, 0.1) is 6.92 Å². The van der Waals surface area contributed by atoms with Gasteiger partial charge in [-0.1, -0.05) is 23.9 Å². The minimum atomic E-state index is -0.0606. The van der Waals surface area contributed by atoms with Gasteiger partial charge in [0.2, 0.25) is 5.91 Å². The van der Waals surface area contributed by atoms with Crippen LogP contribution in [-0.2, 0) is 17.1 Å². The third-order valence-electron chi connectivity index (χ3n) is 3.64. The van der Waals surface area contributed by atoms with Gasteiger partial charge >= 0.3 is 0 Å². The molecule has 0 radical (unpaired) electrons. The van der Waals surface area contributed by atoms with Crippen molar-refractivity contribution in [2.24, 2.45) is 0 Å². The van der Waals surface area contributed by atoms with Gasteiger partial charge in [-0.3, -0.25) is 4.79 Å². The zero-order chi connectivity index (χ0) is 17.8. The summed E-state index contributed by atoms with van der Waals surface area (Å²) in [6.07, 6.45) is 0. The number of rotatable bonds is 6. The molecule has 5 nitrogen and oxygen atoms in total. The SMILES string of the molecule is CCn1c(SCc2ccc(NC(C)=O)cc2)nnc1-c1ccc(C)s1. The summed E-state index contributed by atoms with van der Waals surface area (Å²) < 4.78 is 2.15. The van der Waals surface area contributed by atoms with E-state index in [0.29, 0.717) is 0 Å². The van der Waals surface area contributed by atoms with Crippen LogP contribution in [0.1, 0.15) is 24.3 Å². The van der Waals surface area contributed by atoms with Gasteiger partial charge in [0.05, 0.1) is 4.88 Å². The normalized spacial score (nSPS) is 10.8. The summed E-state index contributed by atoms with van der Waals surface area (Å²) in [5.41, 5.74) is 1.99. The van der Waals surface area contributed by atoms with Gasteiger partial charge in [-0.05, 0) is 43.7 Å². The van der Waals surface area contributed by atoms with Crippen molar-refractivity contribution in [3.8, 4) is 10.7 Å². The average Bonchev–Trinajstić information content (AvgIpc) is 3.19. The van der Waals surface area contributed by atoms with Gasteiger partial charge in [0.1, 0.15) is 0 Å². The van der Waals surface area contributed by atoms with Crippen LogP contribution in [0.25, 0.3) is 10.7 Å². The van der Waals surface area contributed by atoms with Crippen molar-refractivity contribution >= 4 is 34.7 Å². The molecule has 1 N–H and O–H groups in total. The van der Waals surface area contributed by atoms with E-state index in [1.54, 1.807) is 23.1 Å². The second kappa shape index (κ2) is 7.84. The number of carbonyl (C=O) groups excluding carboxylic acids is 1. The monoisotopic (exact) mass is 372 g/mol. The lowest BCUT2D eigenvalue weighted by molar-refractivity contribution is -0.114. The fourth-order valence-corrected chi connectivity index (χ4v) is 4.27. The Morgan fingerprint density at radius 1 is 1.20 bits per heavy atom. The quantitative estimate of drug-likeness (QED) is 0.643. The summed E-state index contributed by atoms with van der Waals surface area (Å²) in [6, 6.07) is 12.1. The molecule has 3 aromatic rings. The Kier molecular flexibility index (Phi) is 5.55. The first-order valence-corrected chi connectivity index (χ1v) is 9.86. The molecule has 3 rings (SSSR count). The van der Waals surface area contributed by atoms with E-state index in [4.69, 9.17) is 0 Å². The Morgan fingerprint density at radius 3 is 2.56 bits per heavy atom. The summed E-state index contributed by atoms with van der Waals surface area (Å²) in [5, 5.41) is 12.5. The van der Waals surface area contributed by atoms with Crippen LogP contribution in [0.2, 0.25) is 0 Å². The van der Waals surface area contributed by atoms with E-state index in [2.05, 4.69) is 46.1 Å². The number of amides is 1. The first kappa shape index (κ1) is 17.7. The summed E-state index contributed by atoms with van der Waals surface area (Å²) in [5.74, 6) is 1.68. The first-order valence-electron chi connectivity index (χ1n) is 8.06. The maximum absolute atomic E-state index is 11.1. The van der Waals surface area contributed by atoms with Crippen LogP contribution in [-0.4, -0.2) is 20.7 Å². The van der Waals surface area contributed by atoms with Gasteiger partial charge in [0.15, 0.2) is 11.0 Å². The van der Waals surface area contributed by atoms with Crippen LogP contribution in [0.5, 0.6) is 0 Å². The Morgan fingerprint density at radius 2 is 1.96 bits per heavy atom. The topological polar surface area (TPSA) is 59.8 Å². The van der Waals surface area contributed by atoms with Crippen molar-refractivity contribution in [3.05, 3.63) is 46.8 Å². The van der Waals surface area contributed by atoms with E-state index in [9.17, 15) is 4.79 Å². The molecule has 7 heteroatoms. The third-order valence-corrected chi connectivity index (χ3v) is 5.67. The van der Waals surface area contributed by atoms with Crippen molar-refractivity contribution < 1.29 is 4.79 Å². The smallest absolute Gasteiger partial charge is 0.221 e. The molecule has 2 heterocycles. The van der Waals surface area contributed by atoms with Crippen molar-refractivity contribution in [1.82, 2.24) is 14.8 Å². The van der Waals surface area contributed by atoms with Crippen LogP contribution in [0.3, 0.4) is 0 Å². The third kappa shape index (κ3) is 4.29. The predicted octanol–water partition coefficient (Wildman–Crippen LogP) is 4.59. The molecule has 1 amide bonds. The summed E-state index contributed by atoms with van der Waals surface area (Å²) in [7, 11) is 0. The van der Waals surface area contributed by atoms with E-state index in [1.807, 2.05) is 24.3 Å². The molecule has 0 fully saturated rings. The number of aromatic nitrogens is 3. The van der Waals surface area contributed by atoms with Crippen molar-refractivity contribution in [2.75, 3.05) is 5.32 Å². The molecular formula is C18H20N4OS2. The number of nitrogens with one attached hydrogen (secondary N) is 1. The number of hydrogen-bond donors (Lipinski definition) is 1. The van der Waals surface area contributed by atoms with Gasteiger partial charge in [-0.25, -0.2) is 0 Å². The predicted molar refractivity (Wildman–Crippen MR) is 104 cm³/mol. The largest absolute Gasteiger partial charge is 0.326 e. The molecule has 0 spiro atoms. The van der Waals surface area contributed by atoms with Crippen molar-refractivity contribution in [1.29, 1.82) is 0 Å². The highest BCUT2D eigenvalue weighted by Crippen LogP contribution is 2.30. The summed E-state index contributed by atoms with van der Waals surface area (Å²) >= 11 is 3.41. The van der Waals surface area contributed by atoms with E-state index >= 15 is 0 Å². The Hall–Kier alpha value is -2.12. The van der Waals surface area contributed by atoms with E-state index in [-0.39, 0.29) is 5.91 Å². The number of carbonyl (C=O) groups is 1. The first-order chi connectivity index (χ1) is 12.1. The number of aryl methyl sites for hydroxylation is 1. The van der Waals surface area contributed by atoms with Crippen LogP contribution in [0.4, 0.5) is 5.69 Å². The lowest BCUT2D eigenvalue weighted by Gasteiger charge is -2.07. The Balaban J connectivity index is 1.71. The molecule has 2 aromatic heterocycles. The minimum Gasteiger partial charge on any atom is -0.326 e. The van der Waals surface area contributed by atoms with Crippen molar-refractivity contribution in [3.63, 3.8) is 0 Å². The summed E-state index contributed by atoms with van der Waals surface area (Å²) in [6.45, 7) is 6.55. The molecule has 0 unspecified atom stereocenters. The highest BCUT2D eigenvalue weighted by molar-refractivity contribution is 7.98. The van der Waals surface area contributed by atoms with Gasteiger partial charge < -0.3 is 9.88 Å². The summed E-state index contributed by atoms with van der Waals surface area (Å²) in [4.78, 5) is 13.5. The molecular weight excluding hydrogens is 352 g/mol. The molecule has 130 valence electrons. The van der Waals surface area contributed by atoms with Gasteiger partial charge in [0, 0.05) is 29.8 Å². The number of thiophene rings is 1. The molecule has 0 atom stereocenters. The van der Waals surface area contributed by atoms with Gasteiger partial charge in [-0.15, -0.1) is 21.5 Å². The van der Waals surface area contributed by atoms with Gasteiger partial charge in [-0.2, -0.15) is 0 Å². The van der Waals surface area contributed by atoms with Crippen LogP contribution < -0.4 is 5.32 Å². The van der Waals surface area contributed by atoms with Crippen LogP contribution in [0.15, 0.2) is 41.6 Å². The van der Waals surface area contributed by atoms with E-state index in [1.165, 1.54) is 17.4 Å². The lowest BCUT2D eigenvalue weighted by atomic mass is 10.2. The molecule has 0 aliphatic carbocycles. The standard InChI is InChI=1S/C18H20N4OS2/c1-4-22-17(16-10-5-12(2)25-16)20-21-18(22)24-11-14-6-8-15(9-7-14)19-13(3)23/h5-10H,4,11H2,1-3H3,(H,19,23). The Bertz CT molecular complexity index is 868. The lowest BCUT2D eigenvalue weighted by Crippen LogP contribution is -2.05. The number of benzene rings is 1. The molecule has 0 aliphatic rings. The minimum absolute atomic E-state index is 0.0606. The van der Waals surface area contributed by atoms with Gasteiger partial charge in [0.25, 0.3) is 0 Å². The van der Waals surface area contributed by atoms with E-state index < -0.39 is 0 Å². The molecule has 25 heavy (non-hydrogen) atoms. The molecule has 0 aliphatic heterocycles. The van der Waals surface area contributed by atoms with Crippen molar-refractivity contribution in [2.45, 2.75) is 38.2 Å². The molecule has 0 saturated carbocycles. The Labute approximate surface area is 155 Å². The highest BCUT2D eigenvalue weighted by atomic mass is 32.2. The zero-order valence-corrected chi connectivity index (χ0v) is 16.1. The zero-order valence-electron chi connectivity index (χ0n) is 14.4. The second-order valence-electron chi connectivity index (χ2n) is 5.63. The molecule has 0 saturated heterocycles. The van der Waals surface area contributed by atoms with E-state index in [0.717, 1.165) is 33.8 Å².